The van der Waals surface area contributed by atoms with Gasteiger partial charge < -0.3 is 13.0 Å². The van der Waals surface area contributed by atoms with Gasteiger partial charge in [-0.3, -0.25) is 0 Å². The molecule has 0 atom stereocenters. The lowest BCUT2D eigenvalue weighted by Crippen LogP contribution is -2.53. The summed E-state index contributed by atoms with van der Waals surface area (Å²) >= 11 is 0. The first-order valence-electron chi connectivity index (χ1n) is 9.19. The second kappa shape index (κ2) is 10.7. The molecule has 0 fully saturated rings. The Bertz CT molecular complexity index is 386. The summed E-state index contributed by atoms with van der Waals surface area (Å²) in [7, 11) is -5.63. The van der Waals surface area contributed by atoms with Gasteiger partial charge in [0.05, 0.1) is 6.61 Å². The molecule has 0 heterocycles. The van der Waals surface area contributed by atoms with Gasteiger partial charge >= 0.3 is 14.5 Å². The van der Waals surface area contributed by atoms with Crippen molar-refractivity contribution in [3.8, 4) is 0 Å². The van der Waals surface area contributed by atoms with Crippen LogP contribution in [0.25, 0.3) is 0 Å². The van der Waals surface area contributed by atoms with Gasteiger partial charge in [-0.2, -0.15) is 0 Å². The molecule has 0 aliphatic carbocycles. The molecule has 24 heavy (non-hydrogen) atoms. The Balaban J connectivity index is 4.97. The molecule has 0 radical (unpaired) electrons. The van der Waals surface area contributed by atoms with E-state index in [0.29, 0.717) is 6.61 Å². The van der Waals surface area contributed by atoms with E-state index in [9.17, 15) is 4.79 Å². The van der Waals surface area contributed by atoms with Crippen LogP contribution in [0.1, 0.15) is 33.1 Å². The highest BCUT2D eigenvalue weighted by atomic mass is 28.5. The summed E-state index contributed by atoms with van der Waals surface area (Å²) in [5.41, 5.74) is 0. The van der Waals surface area contributed by atoms with Crippen molar-refractivity contribution in [3.63, 3.8) is 0 Å². The average Bonchev–Trinajstić information content (AvgIpc) is 2.40. The second-order valence-electron chi connectivity index (χ2n) is 7.87. The van der Waals surface area contributed by atoms with Crippen LogP contribution in [0.4, 0.5) is 0 Å². The van der Waals surface area contributed by atoms with E-state index in [1.54, 1.807) is 0 Å². The summed E-state index contributed by atoms with van der Waals surface area (Å²) in [5.74, 6) is -0.342. The van der Waals surface area contributed by atoms with Crippen LogP contribution in [-0.4, -0.2) is 37.8 Å². The van der Waals surface area contributed by atoms with Crippen molar-refractivity contribution in [2.75, 3.05) is 6.61 Å². The van der Waals surface area contributed by atoms with E-state index in [1.807, 2.05) is 0 Å². The molecule has 0 aromatic rings. The van der Waals surface area contributed by atoms with Gasteiger partial charge in [-0.05, 0) is 57.3 Å². The molecule has 0 rings (SSSR count). The van der Waals surface area contributed by atoms with E-state index in [2.05, 4.69) is 53.2 Å². The van der Waals surface area contributed by atoms with Crippen molar-refractivity contribution in [2.45, 2.75) is 84.0 Å². The monoisotopic (exact) mass is 390 g/mol. The minimum Gasteiger partial charge on any atom is -0.463 e. The van der Waals surface area contributed by atoms with E-state index in [0.717, 1.165) is 37.4 Å². The zero-order chi connectivity index (χ0) is 18.9. The topological polar surface area (TPSA) is 44.8 Å². The largest absolute Gasteiger partial charge is 0.463 e. The number of esters is 1. The fourth-order valence-electron chi connectivity index (χ4n) is 3.34. The van der Waals surface area contributed by atoms with Crippen molar-refractivity contribution < 1.29 is 17.8 Å². The highest BCUT2D eigenvalue weighted by molar-refractivity contribution is 6.88. The van der Waals surface area contributed by atoms with Crippen molar-refractivity contribution in [1.82, 2.24) is 0 Å². The summed E-state index contributed by atoms with van der Waals surface area (Å²) in [4.78, 5) is 11.2. The Labute approximate surface area is 152 Å². The molecule has 0 N–H and O–H groups in total. The number of ether oxygens (including phenoxy) is 1. The second-order valence-corrected chi connectivity index (χ2v) is 20.4. The summed E-state index contributed by atoms with van der Waals surface area (Å²) in [6.45, 7) is 19.4. The molecule has 0 saturated heterocycles. The molecular formula is C17H38O4Si3. The zero-order valence-electron chi connectivity index (χ0n) is 16.9. The van der Waals surface area contributed by atoms with Crippen molar-refractivity contribution in [2.24, 2.45) is 0 Å². The third-order valence-electron chi connectivity index (χ3n) is 3.61. The molecule has 0 aromatic carbocycles. The highest BCUT2D eigenvalue weighted by Crippen LogP contribution is 2.32. The van der Waals surface area contributed by atoms with Gasteiger partial charge in [0, 0.05) is 6.08 Å². The lowest BCUT2D eigenvalue weighted by Gasteiger charge is -2.41. The maximum atomic E-state index is 11.2. The molecule has 0 spiro atoms. The van der Waals surface area contributed by atoms with Crippen molar-refractivity contribution >= 4 is 31.2 Å². The van der Waals surface area contributed by atoms with Crippen LogP contribution < -0.4 is 0 Å². The van der Waals surface area contributed by atoms with E-state index in [4.69, 9.17) is 13.0 Å². The maximum Gasteiger partial charge on any atom is 0.330 e. The van der Waals surface area contributed by atoms with Crippen LogP contribution in [0.15, 0.2) is 12.7 Å². The number of hydrogen-bond acceptors (Lipinski definition) is 4. The quantitative estimate of drug-likeness (QED) is 0.182. The van der Waals surface area contributed by atoms with Crippen LogP contribution in [0.5, 0.6) is 0 Å². The molecule has 0 aliphatic heterocycles. The predicted molar refractivity (Wildman–Crippen MR) is 110 cm³/mol. The normalized spacial score (nSPS) is 13.0. The molecule has 0 unspecified atom stereocenters. The molecule has 7 heteroatoms. The highest BCUT2D eigenvalue weighted by Gasteiger charge is 2.42. The van der Waals surface area contributed by atoms with E-state index >= 15 is 0 Å². The molecule has 0 aromatic heterocycles. The van der Waals surface area contributed by atoms with Gasteiger partial charge in [0.1, 0.15) is 0 Å². The maximum absolute atomic E-state index is 11.2. The molecule has 0 saturated carbocycles. The Morgan fingerprint density at radius 2 is 1.50 bits per heavy atom. The van der Waals surface area contributed by atoms with Gasteiger partial charge in [-0.25, -0.2) is 4.79 Å². The van der Waals surface area contributed by atoms with E-state index in [-0.39, 0.29) is 5.97 Å². The Kier molecular flexibility index (Phi) is 10.6. The fourth-order valence-corrected chi connectivity index (χ4v) is 18.5. The van der Waals surface area contributed by atoms with Crippen LogP contribution in [-0.2, 0) is 17.8 Å². The molecule has 4 nitrogen and oxygen atoms in total. The molecule has 0 amide bonds. The zero-order valence-corrected chi connectivity index (χ0v) is 19.9. The molecule has 0 aliphatic rings. The van der Waals surface area contributed by atoms with Crippen LogP contribution in [0.3, 0.4) is 0 Å². The van der Waals surface area contributed by atoms with E-state index < -0.39 is 25.2 Å². The fraction of sp³-hybridized carbons (Fsp3) is 0.824. The van der Waals surface area contributed by atoms with Gasteiger partial charge in [0.15, 0.2) is 16.6 Å². The van der Waals surface area contributed by atoms with Crippen LogP contribution in [0.2, 0.25) is 50.9 Å². The summed E-state index contributed by atoms with van der Waals surface area (Å²) < 4.78 is 18.4. The van der Waals surface area contributed by atoms with Gasteiger partial charge in [-0.15, -0.1) is 0 Å². The summed E-state index contributed by atoms with van der Waals surface area (Å²) in [6.07, 6.45) is 4.35. The number of hydrogen-bond donors (Lipinski definition) is 0. The number of carbonyl (C=O) groups is 1. The number of rotatable bonds is 13. The first-order valence-corrected chi connectivity index (χ1v) is 17.9. The SMILES string of the molecule is C=CC(=O)OCCC[Si](CCC)(CCC)O[Si](C)(C)O[Si](C)(C)C. The molecule has 0 bridgehead atoms. The Morgan fingerprint density at radius 3 is 1.92 bits per heavy atom. The first kappa shape index (κ1) is 23.8. The smallest absolute Gasteiger partial charge is 0.330 e. The lowest BCUT2D eigenvalue weighted by atomic mass is 10.5. The standard InChI is InChI=1S/C17H38O4Si3/c1-9-14-24(15-10-2,16-12-13-19-17(18)11-3)21-23(7,8)20-22(4,5)6/h11H,3,9-10,12-16H2,1-2,4-8H3. The third-order valence-corrected chi connectivity index (χ3v) is 15.8. The van der Waals surface area contributed by atoms with Crippen LogP contribution >= 0.6 is 0 Å². The van der Waals surface area contributed by atoms with Crippen molar-refractivity contribution in [1.29, 1.82) is 0 Å². The minimum atomic E-state index is -2.14. The van der Waals surface area contributed by atoms with Gasteiger partial charge in [0.2, 0.25) is 0 Å². The predicted octanol–water partition coefficient (Wildman–Crippen LogP) is 5.44. The summed E-state index contributed by atoms with van der Waals surface area (Å²) in [6, 6.07) is 3.34. The third kappa shape index (κ3) is 10.6. The van der Waals surface area contributed by atoms with Crippen molar-refractivity contribution in [3.05, 3.63) is 12.7 Å². The minimum absolute atomic E-state index is 0.342. The molecule has 142 valence electrons. The Hall–Kier alpha value is -0.219. The van der Waals surface area contributed by atoms with Gasteiger partial charge in [0.25, 0.3) is 0 Å². The Morgan fingerprint density at radius 1 is 0.958 bits per heavy atom. The lowest BCUT2D eigenvalue weighted by molar-refractivity contribution is -0.137. The van der Waals surface area contributed by atoms with E-state index in [1.165, 1.54) is 6.08 Å². The average molecular weight is 391 g/mol. The summed E-state index contributed by atoms with van der Waals surface area (Å²) in [5, 5.41) is 0. The van der Waals surface area contributed by atoms with Gasteiger partial charge in [-0.1, -0.05) is 33.3 Å². The molecular weight excluding hydrogens is 352 g/mol. The first-order chi connectivity index (χ1) is 11.0. The van der Waals surface area contributed by atoms with Crippen LogP contribution in [0, 0.1) is 0 Å². The number of carbonyl (C=O) groups excluding carboxylic acids is 1.